The van der Waals surface area contributed by atoms with E-state index >= 15 is 0 Å². The lowest BCUT2D eigenvalue weighted by Crippen LogP contribution is -2.42. The van der Waals surface area contributed by atoms with Crippen LogP contribution in [0.2, 0.25) is 0 Å². The van der Waals surface area contributed by atoms with E-state index in [-0.39, 0.29) is 18.1 Å². The third-order valence-electron chi connectivity index (χ3n) is 4.77. The van der Waals surface area contributed by atoms with Gasteiger partial charge in [-0.05, 0) is 50.2 Å². The first-order valence-electron chi connectivity index (χ1n) is 8.34. The second kappa shape index (κ2) is 6.93. The molecule has 2 atom stereocenters. The topological polar surface area (TPSA) is 49.3 Å². The van der Waals surface area contributed by atoms with Crippen LogP contribution in [0, 0.1) is 0 Å². The SMILES string of the molecule is O=C(NC1CCCCCC1O)c1cc2c(s1)CCCCC2. The van der Waals surface area contributed by atoms with Crippen molar-refractivity contribution >= 4 is 17.2 Å². The highest BCUT2D eigenvalue weighted by molar-refractivity contribution is 7.14. The maximum absolute atomic E-state index is 12.5. The Morgan fingerprint density at radius 2 is 1.86 bits per heavy atom. The minimum absolute atomic E-state index is 0.0130. The van der Waals surface area contributed by atoms with Crippen LogP contribution in [0.1, 0.15) is 71.5 Å². The van der Waals surface area contributed by atoms with Crippen LogP contribution in [0.15, 0.2) is 6.07 Å². The highest BCUT2D eigenvalue weighted by Gasteiger charge is 2.25. The Bertz CT molecular complexity index is 473. The molecule has 1 aromatic heterocycles. The van der Waals surface area contributed by atoms with E-state index in [1.807, 2.05) is 0 Å². The Hall–Kier alpha value is -0.870. The maximum atomic E-state index is 12.5. The number of thiophene rings is 1. The molecule has 0 bridgehead atoms. The molecule has 116 valence electrons. The Labute approximate surface area is 130 Å². The fourth-order valence-corrected chi connectivity index (χ4v) is 4.63. The van der Waals surface area contributed by atoms with Gasteiger partial charge in [-0.25, -0.2) is 0 Å². The van der Waals surface area contributed by atoms with Crippen LogP contribution in [0.4, 0.5) is 0 Å². The van der Waals surface area contributed by atoms with E-state index in [4.69, 9.17) is 0 Å². The van der Waals surface area contributed by atoms with Crippen LogP contribution >= 0.6 is 11.3 Å². The monoisotopic (exact) mass is 307 g/mol. The number of fused-ring (bicyclic) bond motifs is 1. The molecule has 0 spiro atoms. The third-order valence-corrected chi connectivity index (χ3v) is 6.00. The van der Waals surface area contributed by atoms with Gasteiger partial charge < -0.3 is 10.4 Å². The van der Waals surface area contributed by atoms with Crippen molar-refractivity contribution in [1.82, 2.24) is 5.32 Å². The number of aliphatic hydroxyl groups excluding tert-OH is 1. The number of hydrogen-bond donors (Lipinski definition) is 2. The van der Waals surface area contributed by atoms with Crippen LogP contribution in [-0.4, -0.2) is 23.2 Å². The number of nitrogens with one attached hydrogen (secondary N) is 1. The summed E-state index contributed by atoms with van der Waals surface area (Å²) in [5, 5.41) is 13.2. The van der Waals surface area contributed by atoms with E-state index in [1.54, 1.807) is 11.3 Å². The molecule has 2 N–H and O–H groups in total. The zero-order valence-electron chi connectivity index (χ0n) is 12.6. The summed E-state index contributed by atoms with van der Waals surface area (Å²) in [5.74, 6) is 0.0130. The average Bonchev–Trinajstić information content (AvgIpc) is 2.61. The Morgan fingerprint density at radius 3 is 2.76 bits per heavy atom. The lowest BCUT2D eigenvalue weighted by atomic mass is 10.1. The van der Waals surface area contributed by atoms with Gasteiger partial charge in [-0.3, -0.25) is 4.79 Å². The molecule has 2 aliphatic carbocycles. The number of aliphatic hydroxyl groups is 1. The van der Waals surface area contributed by atoms with Crippen LogP contribution in [0.25, 0.3) is 0 Å². The van der Waals surface area contributed by atoms with E-state index < -0.39 is 0 Å². The number of amides is 1. The fourth-order valence-electron chi connectivity index (χ4n) is 3.48. The summed E-state index contributed by atoms with van der Waals surface area (Å²) in [6.45, 7) is 0. The number of carbonyl (C=O) groups is 1. The van der Waals surface area contributed by atoms with E-state index in [2.05, 4.69) is 11.4 Å². The summed E-state index contributed by atoms with van der Waals surface area (Å²) in [4.78, 5) is 14.7. The van der Waals surface area contributed by atoms with Crippen LogP contribution in [0.5, 0.6) is 0 Å². The molecule has 0 radical (unpaired) electrons. The first kappa shape index (κ1) is 15.0. The lowest BCUT2D eigenvalue weighted by molar-refractivity contribution is 0.0822. The summed E-state index contributed by atoms with van der Waals surface area (Å²) < 4.78 is 0. The standard InChI is InChI=1S/C17H25NO2S/c19-14-9-5-2-4-8-13(14)18-17(20)16-11-12-7-3-1-6-10-15(12)21-16/h11,13-14,19H,1-10H2,(H,18,20). The molecule has 1 saturated carbocycles. The van der Waals surface area contributed by atoms with Gasteiger partial charge in [-0.2, -0.15) is 0 Å². The van der Waals surface area contributed by atoms with Crippen molar-refractivity contribution in [2.24, 2.45) is 0 Å². The van der Waals surface area contributed by atoms with Gasteiger partial charge in [0.15, 0.2) is 0 Å². The van der Waals surface area contributed by atoms with E-state index in [0.717, 1.165) is 49.8 Å². The molecule has 2 unspecified atom stereocenters. The van der Waals surface area contributed by atoms with Crippen molar-refractivity contribution < 1.29 is 9.90 Å². The van der Waals surface area contributed by atoms with Crippen LogP contribution in [0.3, 0.4) is 0 Å². The highest BCUT2D eigenvalue weighted by atomic mass is 32.1. The van der Waals surface area contributed by atoms with Crippen LogP contribution < -0.4 is 5.32 Å². The van der Waals surface area contributed by atoms with E-state index in [1.165, 1.54) is 29.7 Å². The molecule has 0 saturated heterocycles. The predicted molar refractivity (Wildman–Crippen MR) is 85.9 cm³/mol. The summed E-state index contributed by atoms with van der Waals surface area (Å²) >= 11 is 1.66. The zero-order chi connectivity index (χ0) is 14.7. The molecule has 3 rings (SSSR count). The molecule has 0 aliphatic heterocycles. The minimum atomic E-state index is -0.380. The van der Waals surface area contributed by atoms with Gasteiger partial charge in [0.2, 0.25) is 0 Å². The third kappa shape index (κ3) is 3.67. The van der Waals surface area contributed by atoms with Gasteiger partial charge in [-0.15, -0.1) is 11.3 Å². The molecule has 21 heavy (non-hydrogen) atoms. The second-order valence-electron chi connectivity index (χ2n) is 6.41. The molecule has 2 aliphatic rings. The molecule has 3 nitrogen and oxygen atoms in total. The van der Waals surface area contributed by atoms with Gasteiger partial charge >= 0.3 is 0 Å². The molecule has 0 aromatic carbocycles. The predicted octanol–water partition coefficient (Wildman–Crippen LogP) is 3.44. The molecule has 4 heteroatoms. The van der Waals surface area contributed by atoms with Crippen molar-refractivity contribution in [3.8, 4) is 0 Å². The average molecular weight is 307 g/mol. The Balaban J connectivity index is 1.67. The molecule has 1 aromatic rings. The normalized spacial score (nSPS) is 26.5. The van der Waals surface area contributed by atoms with Crippen molar-refractivity contribution in [1.29, 1.82) is 0 Å². The fraction of sp³-hybridized carbons (Fsp3) is 0.706. The smallest absolute Gasteiger partial charge is 0.261 e. The van der Waals surface area contributed by atoms with Gasteiger partial charge in [0.05, 0.1) is 17.0 Å². The largest absolute Gasteiger partial charge is 0.391 e. The molecule has 1 heterocycles. The summed E-state index contributed by atoms with van der Waals surface area (Å²) in [7, 11) is 0. The summed E-state index contributed by atoms with van der Waals surface area (Å²) in [5.41, 5.74) is 1.38. The first-order valence-corrected chi connectivity index (χ1v) is 9.16. The Kier molecular flexibility index (Phi) is 4.96. The number of aryl methyl sites for hydroxylation is 2. The van der Waals surface area contributed by atoms with Crippen molar-refractivity contribution in [3.05, 3.63) is 21.4 Å². The molecule has 1 amide bonds. The van der Waals surface area contributed by atoms with Gasteiger partial charge in [0, 0.05) is 4.88 Å². The Morgan fingerprint density at radius 1 is 1.10 bits per heavy atom. The van der Waals surface area contributed by atoms with Gasteiger partial charge in [0.1, 0.15) is 0 Å². The highest BCUT2D eigenvalue weighted by Crippen LogP contribution is 2.29. The van der Waals surface area contributed by atoms with E-state index in [9.17, 15) is 9.90 Å². The summed E-state index contributed by atoms with van der Waals surface area (Å²) in [6.07, 6.45) is 10.7. The minimum Gasteiger partial charge on any atom is -0.391 e. The number of carbonyl (C=O) groups excluding carboxylic acids is 1. The number of rotatable bonds is 2. The maximum Gasteiger partial charge on any atom is 0.261 e. The van der Waals surface area contributed by atoms with Gasteiger partial charge in [-0.1, -0.05) is 25.7 Å². The number of hydrogen-bond acceptors (Lipinski definition) is 3. The van der Waals surface area contributed by atoms with Crippen molar-refractivity contribution in [2.75, 3.05) is 0 Å². The quantitative estimate of drug-likeness (QED) is 0.649. The van der Waals surface area contributed by atoms with E-state index in [0.29, 0.717) is 0 Å². The first-order chi connectivity index (χ1) is 10.2. The zero-order valence-corrected chi connectivity index (χ0v) is 13.4. The lowest BCUT2D eigenvalue weighted by Gasteiger charge is -2.21. The van der Waals surface area contributed by atoms with Gasteiger partial charge in [0.25, 0.3) is 5.91 Å². The second-order valence-corrected chi connectivity index (χ2v) is 7.54. The summed E-state index contributed by atoms with van der Waals surface area (Å²) in [6, 6.07) is 2.02. The molecule has 1 fully saturated rings. The molecular formula is C17H25NO2S. The molecular weight excluding hydrogens is 282 g/mol. The van der Waals surface area contributed by atoms with Crippen LogP contribution in [-0.2, 0) is 12.8 Å². The van der Waals surface area contributed by atoms with Crippen molar-refractivity contribution in [2.45, 2.75) is 76.4 Å². The van der Waals surface area contributed by atoms with Crippen molar-refractivity contribution in [3.63, 3.8) is 0 Å².